The highest BCUT2D eigenvalue weighted by Crippen LogP contribution is 2.36. The Morgan fingerprint density at radius 2 is 2.07 bits per heavy atom. The van der Waals surface area contributed by atoms with Crippen LogP contribution in [0.5, 0.6) is 0 Å². The van der Waals surface area contributed by atoms with Gasteiger partial charge in [0.25, 0.3) is 0 Å². The van der Waals surface area contributed by atoms with Gasteiger partial charge in [0.05, 0.1) is 0 Å². The fourth-order valence-corrected chi connectivity index (χ4v) is 1.95. The summed E-state index contributed by atoms with van der Waals surface area (Å²) in [7, 11) is 0. The Labute approximate surface area is 88.9 Å². The van der Waals surface area contributed by atoms with Crippen molar-refractivity contribution in [2.45, 2.75) is 33.6 Å². The zero-order valence-electron chi connectivity index (χ0n) is 9.29. The second kappa shape index (κ2) is 4.04. The van der Waals surface area contributed by atoms with E-state index < -0.39 is 12.6 Å². The molecule has 0 bridgehead atoms. The average Bonchev–Trinajstić information content (AvgIpc) is 1.98. The van der Waals surface area contributed by atoms with E-state index in [9.17, 15) is 9.59 Å². The van der Waals surface area contributed by atoms with Crippen LogP contribution in [0.3, 0.4) is 0 Å². The lowest BCUT2D eigenvalue weighted by atomic mass is 9.76. The number of aliphatic carboxylic acids is 1. The second-order valence-electron chi connectivity index (χ2n) is 4.73. The molecule has 4 heteroatoms. The van der Waals surface area contributed by atoms with Crippen molar-refractivity contribution >= 4 is 11.8 Å². The van der Waals surface area contributed by atoms with Gasteiger partial charge in [-0.3, -0.25) is 4.79 Å². The fourth-order valence-electron chi connectivity index (χ4n) is 1.95. The Morgan fingerprint density at radius 3 is 2.53 bits per heavy atom. The number of carbonyl (C=O) groups excluding carboxylic acids is 1. The average molecular weight is 212 g/mol. The largest absolute Gasteiger partial charge is 0.479 e. The van der Waals surface area contributed by atoms with Crippen molar-refractivity contribution in [2.24, 2.45) is 5.41 Å². The van der Waals surface area contributed by atoms with E-state index in [1.807, 2.05) is 20.8 Å². The minimum Gasteiger partial charge on any atom is -0.479 e. The lowest BCUT2D eigenvalue weighted by molar-refractivity contribution is -0.141. The van der Waals surface area contributed by atoms with Crippen LogP contribution < -0.4 is 0 Å². The zero-order valence-corrected chi connectivity index (χ0v) is 9.29. The van der Waals surface area contributed by atoms with Gasteiger partial charge in [-0.05, 0) is 24.3 Å². The van der Waals surface area contributed by atoms with Crippen LogP contribution in [-0.2, 0) is 14.3 Å². The van der Waals surface area contributed by atoms with Crippen LogP contribution >= 0.6 is 0 Å². The van der Waals surface area contributed by atoms with E-state index in [1.54, 1.807) is 0 Å². The summed E-state index contributed by atoms with van der Waals surface area (Å²) >= 11 is 0. The number of carboxylic acids is 1. The number of ketones is 1. The van der Waals surface area contributed by atoms with Gasteiger partial charge in [0.2, 0.25) is 0 Å². The molecule has 0 aromatic carbocycles. The molecule has 0 spiro atoms. The maximum absolute atomic E-state index is 11.7. The van der Waals surface area contributed by atoms with Gasteiger partial charge in [-0.2, -0.15) is 0 Å². The molecule has 15 heavy (non-hydrogen) atoms. The van der Waals surface area contributed by atoms with E-state index >= 15 is 0 Å². The molecule has 0 atom stereocenters. The molecule has 0 amide bonds. The fraction of sp³-hybridized carbons (Fsp3) is 0.636. The monoisotopic (exact) mass is 212 g/mol. The molecule has 0 heterocycles. The van der Waals surface area contributed by atoms with E-state index in [0.717, 1.165) is 12.0 Å². The summed E-state index contributed by atoms with van der Waals surface area (Å²) in [5.74, 6) is -0.908. The summed E-state index contributed by atoms with van der Waals surface area (Å²) in [4.78, 5) is 22.0. The first kappa shape index (κ1) is 11.8. The highest BCUT2D eigenvalue weighted by Gasteiger charge is 2.32. The predicted octanol–water partition coefficient (Wildman–Crippen LogP) is 1.75. The summed E-state index contributed by atoms with van der Waals surface area (Å²) in [5.41, 5.74) is 0.801. The molecule has 1 rings (SSSR count). The molecule has 1 aliphatic rings. The summed E-state index contributed by atoms with van der Waals surface area (Å²) in [6, 6.07) is 0. The number of carbonyl (C=O) groups is 2. The molecule has 0 radical (unpaired) electrons. The number of Topliss-reactive ketones (excluding diaryl/α,β-unsaturated/α-hetero) is 1. The normalized spacial score (nSPS) is 20.3. The first-order chi connectivity index (χ1) is 6.82. The smallest absolute Gasteiger partial charge is 0.341 e. The van der Waals surface area contributed by atoms with Gasteiger partial charge in [-0.1, -0.05) is 13.8 Å². The van der Waals surface area contributed by atoms with Crippen LogP contribution in [0, 0.1) is 5.41 Å². The van der Waals surface area contributed by atoms with Crippen LogP contribution in [0.1, 0.15) is 33.6 Å². The van der Waals surface area contributed by atoms with Gasteiger partial charge in [-0.25, -0.2) is 4.79 Å². The molecule has 0 aromatic rings. The topological polar surface area (TPSA) is 63.6 Å². The Balaban J connectivity index is 2.78. The molecule has 0 fully saturated rings. The van der Waals surface area contributed by atoms with E-state index in [1.165, 1.54) is 0 Å². The summed E-state index contributed by atoms with van der Waals surface area (Å²) < 4.78 is 4.99. The third-order valence-corrected chi connectivity index (χ3v) is 2.36. The third-order valence-electron chi connectivity index (χ3n) is 2.36. The van der Waals surface area contributed by atoms with Crippen molar-refractivity contribution in [2.75, 3.05) is 6.61 Å². The van der Waals surface area contributed by atoms with Crippen molar-refractivity contribution in [3.8, 4) is 0 Å². The molecule has 4 nitrogen and oxygen atoms in total. The van der Waals surface area contributed by atoms with Gasteiger partial charge in [-0.15, -0.1) is 0 Å². The number of hydrogen-bond donors (Lipinski definition) is 1. The standard InChI is InChI=1S/C11H16O4/c1-7-4-11(2,3)5-8(12)10(7)15-6-9(13)14/h4-6H2,1-3H3,(H,13,14). The maximum atomic E-state index is 11.7. The van der Waals surface area contributed by atoms with E-state index in [0.29, 0.717) is 6.42 Å². The van der Waals surface area contributed by atoms with Crippen LogP contribution in [0.25, 0.3) is 0 Å². The molecule has 84 valence electrons. The van der Waals surface area contributed by atoms with E-state index in [2.05, 4.69) is 0 Å². The highest BCUT2D eigenvalue weighted by atomic mass is 16.5. The molecular formula is C11H16O4. The highest BCUT2D eigenvalue weighted by molar-refractivity contribution is 5.95. The Hall–Kier alpha value is -1.32. The van der Waals surface area contributed by atoms with Crippen molar-refractivity contribution in [1.82, 2.24) is 0 Å². The quantitative estimate of drug-likeness (QED) is 0.774. The number of ether oxygens (including phenoxy) is 1. The molecule has 1 aliphatic carbocycles. The second-order valence-corrected chi connectivity index (χ2v) is 4.73. The number of carboxylic acid groups (broad SMARTS) is 1. The molecule has 0 saturated heterocycles. The minimum absolute atomic E-state index is 0.0444. The molecule has 1 N–H and O–H groups in total. The number of allylic oxidation sites excluding steroid dienone is 2. The third kappa shape index (κ3) is 3.08. The molecule has 0 aromatic heterocycles. The first-order valence-electron chi connectivity index (χ1n) is 4.89. The Morgan fingerprint density at radius 1 is 1.47 bits per heavy atom. The zero-order chi connectivity index (χ0) is 11.6. The van der Waals surface area contributed by atoms with Crippen LogP contribution in [0.15, 0.2) is 11.3 Å². The Kier molecular flexibility index (Phi) is 3.17. The van der Waals surface area contributed by atoms with Crippen LogP contribution in [0.2, 0.25) is 0 Å². The Bertz CT molecular complexity index is 325. The van der Waals surface area contributed by atoms with Gasteiger partial charge < -0.3 is 9.84 Å². The van der Waals surface area contributed by atoms with Gasteiger partial charge in [0, 0.05) is 6.42 Å². The molecule has 0 aliphatic heterocycles. The van der Waals surface area contributed by atoms with Crippen molar-refractivity contribution < 1.29 is 19.4 Å². The van der Waals surface area contributed by atoms with Gasteiger partial charge in [0.1, 0.15) is 0 Å². The first-order valence-corrected chi connectivity index (χ1v) is 4.89. The van der Waals surface area contributed by atoms with Crippen molar-refractivity contribution in [3.05, 3.63) is 11.3 Å². The number of hydrogen-bond acceptors (Lipinski definition) is 3. The van der Waals surface area contributed by atoms with E-state index in [4.69, 9.17) is 9.84 Å². The lowest BCUT2D eigenvalue weighted by Gasteiger charge is -2.30. The van der Waals surface area contributed by atoms with Crippen molar-refractivity contribution in [1.29, 1.82) is 0 Å². The van der Waals surface area contributed by atoms with E-state index in [-0.39, 0.29) is 17.0 Å². The van der Waals surface area contributed by atoms with Gasteiger partial charge >= 0.3 is 5.97 Å². The minimum atomic E-state index is -1.06. The van der Waals surface area contributed by atoms with Gasteiger partial charge in [0.15, 0.2) is 18.1 Å². The van der Waals surface area contributed by atoms with Crippen molar-refractivity contribution in [3.63, 3.8) is 0 Å². The molecule has 0 unspecified atom stereocenters. The van der Waals surface area contributed by atoms with Crippen LogP contribution in [0.4, 0.5) is 0 Å². The summed E-state index contributed by atoms with van der Waals surface area (Å²) in [6.07, 6.45) is 1.19. The molecule has 0 saturated carbocycles. The SMILES string of the molecule is CC1=C(OCC(=O)O)C(=O)CC(C)(C)C1. The predicted molar refractivity (Wildman–Crippen MR) is 54.3 cm³/mol. The lowest BCUT2D eigenvalue weighted by Crippen LogP contribution is -2.27. The number of rotatable bonds is 3. The maximum Gasteiger partial charge on any atom is 0.341 e. The van der Waals surface area contributed by atoms with Crippen LogP contribution in [-0.4, -0.2) is 23.5 Å². The molecular weight excluding hydrogens is 196 g/mol. The summed E-state index contributed by atoms with van der Waals surface area (Å²) in [6.45, 7) is 5.40. The summed E-state index contributed by atoms with van der Waals surface area (Å²) in [5, 5.41) is 8.46.